The average molecular weight is 344 g/mol. The molecule has 7 heteroatoms. The minimum Gasteiger partial charge on any atom is -0.333 e. The molecule has 25 heavy (non-hydrogen) atoms. The van der Waals surface area contributed by atoms with Gasteiger partial charge in [-0.05, 0) is 38.9 Å². The number of halogens is 1. The lowest BCUT2D eigenvalue weighted by atomic mass is 10.2. The van der Waals surface area contributed by atoms with Gasteiger partial charge in [0.15, 0.2) is 5.69 Å². The smallest absolute Gasteiger partial charge is 0.278 e. The topological polar surface area (TPSA) is 67.2 Å². The molecule has 2 aromatic rings. The number of nitrogens with zero attached hydrogens (tertiary/aromatic N) is 3. The van der Waals surface area contributed by atoms with Crippen molar-refractivity contribution >= 4 is 5.91 Å². The van der Waals surface area contributed by atoms with Gasteiger partial charge in [0.25, 0.3) is 5.91 Å². The Morgan fingerprint density at radius 3 is 2.88 bits per heavy atom. The summed E-state index contributed by atoms with van der Waals surface area (Å²) in [4.78, 5) is 26.9. The summed E-state index contributed by atoms with van der Waals surface area (Å²) in [6, 6.07) is 7.52. The molecule has 132 valence electrons. The highest BCUT2D eigenvalue weighted by molar-refractivity contribution is 5.92. The highest BCUT2D eigenvalue weighted by Gasteiger charge is 2.31. The molecule has 1 fully saturated rings. The number of hydrogen-bond donors (Lipinski definition) is 1. The summed E-state index contributed by atoms with van der Waals surface area (Å²) in [7, 11) is 1.83. The van der Waals surface area contributed by atoms with Crippen LogP contribution in [0.4, 0.5) is 4.39 Å². The number of hydrogen-bond acceptors (Lipinski definition) is 4. The van der Waals surface area contributed by atoms with Crippen molar-refractivity contribution in [2.75, 3.05) is 20.1 Å². The number of likely N-dealkylation sites (N-methyl/N-ethyl adjacent to an activating group) is 1. The van der Waals surface area contributed by atoms with Crippen molar-refractivity contribution in [2.45, 2.75) is 25.8 Å². The minimum atomic E-state index is -0.464. The molecule has 0 aliphatic carbocycles. The molecule has 0 bridgehead atoms. The van der Waals surface area contributed by atoms with Crippen molar-refractivity contribution in [2.24, 2.45) is 0 Å². The van der Waals surface area contributed by atoms with E-state index in [2.05, 4.69) is 10.4 Å². The maximum absolute atomic E-state index is 14.1. The minimum absolute atomic E-state index is 0.0434. The van der Waals surface area contributed by atoms with E-state index in [4.69, 9.17) is 0 Å². The number of nitrogens with one attached hydrogen (secondary N) is 1. The second-order valence-corrected chi connectivity index (χ2v) is 6.21. The van der Waals surface area contributed by atoms with Crippen LogP contribution in [0.2, 0.25) is 0 Å². The number of carbonyl (C=O) groups is 1. The normalized spacial score (nSPS) is 17.1. The van der Waals surface area contributed by atoms with E-state index < -0.39 is 17.2 Å². The van der Waals surface area contributed by atoms with Crippen LogP contribution in [0, 0.1) is 12.7 Å². The molecule has 1 aliphatic rings. The molecule has 1 aromatic heterocycles. The van der Waals surface area contributed by atoms with Crippen LogP contribution in [0.1, 0.15) is 29.0 Å². The Hall–Kier alpha value is -2.54. The van der Waals surface area contributed by atoms with E-state index in [0.29, 0.717) is 18.8 Å². The lowest BCUT2D eigenvalue weighted by Gasteiger charge is -2.24. The number of aromatic nitrogens is 2. The van der Waals surface area contributed by atoms with E-state index in [1.54, 1.807) is 30.0 Å². The molecule has 1 aliphatic heterocycles. The van der Waals surface area contributed by atoms with E-state index in [1.165, 1.54) is 16.8 Å². The fourth-order valence-electron chi connectivity index (χ4n) is 3.25. The van der Waals surface area contributed by atoms with Gasteiger partial charge in [-0.25, -0.2) is 9.07 Å². The van der Waals surface area contributed by atoms with Gasteiger partial charge in [0.1, 0.15) is 11.5 Å². The van der Waals surface area contributed by atoms with Crippen molar-refractivity contribution in [1.82, 2.24) is 20.0 Å². The number of benzene rings is 1. The van der Waals surface area contributed by atoms with Crippen LogP contribution in [0.5, 0.6) is 0 Å². The SMILES string of the molecule is CNCC1CCCN1C(=O)c1nn(-c2ccccc2F)c(C)cc1=O. The highest BCUT2D eigenvalue weighted by Crippen LogP contribution is 2.19. The van der Waals surface area contributed by atoms with Gasteiger partial charge in [-0.15, -0.1) is 0 Å². The Labute approximate surface area is 145 Å². The monoisotopic (exact) mass is 344 g/mol. The maximum Gasteiger partial charge on any atom is 0.278 e. The number of para-hydroxylation sites is 1. The first-order chi connectivity index (χ1) is 12.0. The summed E-state index contributed by atoms with van der Waals surface area (Å²) in [6.45, 7) is 2.92. The summed E-state index contributed by atoms with van der Waals surface area (Å²) in [5, 5.41) is 7.26. The second kappa shape index (κ2) is 7.14. The molecule has 0 radical (unpaired) electrons. The molecule has 1 N–H and O–H groups in total. The van der Waals surface area contributed by atoms with E-state index in [0.717, 1.165) is 12.8 Å². The van der Waals surface area contributed by atoms with E-state index >= 15 is 0 Å². The molecule has 1 aromatic carbocycles. The quantitative estimate of drug-likeness (QED) is 0.913. The van der Waals surface area contributed by atoms with Crippen molar-refractivity contribution in [3.63, 3.8) is 0 Å². The van der Waals surface area contributed by atoms with Gasteiger partial charge in [-0.1, -0.05) is 12.1 Å². The zero-order valence-electron chi connectivity index (χ0n) is 14.3. The fourth-order valence-corrected chi connectivity index (χ4v) is 3.25. The zero-order valence-corrected chi connectivity index (χ0v) is 14.3. The van der Waals surface area contributed by atoms with E-state index in [9.17, 15) is 14.0 Å². The van der Waals surface area contributed by atoms with Crippen molar-refractivity contribution < 1.29 is 9.18 Å². The fraction of sp³-hybridized carbons (Fsp3) is 0.389. The summed E-state index contributed by atoms with van der Waals surface area (Å²) in [5.74, 6) is -0.859. The third-order valence-corrected chi connectivity index (χ3v) is 4.47. The lowest BCUT2D eigenvalue weighted by molar-refractivity contribution is 0.0727. The van der Waals surface area contributed by atoms with Crippen LogP contribution in [0.15, 0.2) is 35.1 Å². The number of carbonyl (C=O) groups excluding carboxylic acids is 1. The predicted octanol–water partition coefficient (Wildman–Crippen LogP) is 1.50. The Morgan fingerprint density at radius 1 is 1.40 bits per heavy atom. The molecule has 1 atom stereocenters. The Bertz CT molecular complexity index is 849. The van der Waals surface area contributed by atoms with Gasteiger partial charge >= 0.3 is 0 Å². The molecule has 0 spiro atoms. The van der Waals surface area contributed by atoms with E-state index in [1.807, 2.05) is 7.05 Å². The highest BCUT2D eigenvalue weighted by atomic mass is 19.1. The van der Waals surface area contributed by atoms with Crippen LogP contribution in [0.3, 0.4) is 0 Å². The van der Waals surface area contributed by atoms with Gasteiger partial charge in [-0.2, -0.15) is 5.10 Å². The third-order valence-electron chi connectivity index (χ3n) is 4.47. The molecule has 6 nitrogen and oxygen atoms in total. The van der Waals surface area contributed by atoms with Crippen molar-refractivity contribution in [3.8, 4) is 5.69 Å². The summed E-state index contributed by atoms with van der Waals surface area (Å²) in [6.07, 6.45) is 1.78. The molecule has 2 heterocycles. The molecule has 1 unspecified atom stereocenters. The Balaban J connectivity index is 2.03. The van der Waals surface area contributed by atoms with Gasteiger partial charge in [0, 0.05) is 30.9 Å². The summed E-state index contributed by atoms with van der Waals surface area (Å²) >= 11 is 0. The molecule has 1 amide bonds. The van der Waals surface area contributed by atoms with Crippen LogP contribution in [0.25, 0.3) is 5.69 Å². The Kier molecular flexibility index (Phi) is 4.94. The lowest BCUT2D eigenvalue weighted by Crippen LogP contribution is -2.43. The number of amides is 1. The molecule has 0 saturated carbocycles. The second-order valence-electron chi connectivity index (χ2n) is 6.21. The predicted molar refractivity (Wildman–Crippen MR) is 92.5 cm³/mol. The van der Waals surface area contributed by atoms with Gasteiger partial charge in [0.05, 0.1) is 0 Å². The first kappa shape index (κ1) is 17.3. The van der Waals surface area contributed by atoms with Crippen molar-refractivity contribution in [3.05, 3.63) is 57.8 Å². The molecular formula is C18H21FN4O2. The van der Waals surface area contributed by atoms with Crippen LogP contribution >= 0.6 is 0 Å². The third kappa shape index (κ3) is 3.32. The number of aryl methyl sites for hydroxylation is 1. The zero-order chi connectivity index (χ0) is 18.0. The van der Waals surface area contributed by atoms with Crippen LogP contribution < -0.4 is 10.7 Å². The van der Waals surface area contributed by atoms with Gasteiger partial charge in [-0.3, -0.25) is 9.59 Å². The molecule has 3 rings (SSSR count). The Morgan fingerprint density at radius 2 is 2.16 bits per heavy atom. The van der Waals surface area contributed by atoms with Crippen LogP contribution in [-0.4, -0.2) is 46.8 Å². The van der Waals surface area contributed by atoms with Crippen LogP contribution in [-0.2, 0) is 0 Å². The number of likely N-dealkylation sites (tertiary alicyclic amines) is 1. The first-order valence-electron chi connectivity index (χ1n) is 8.34. The molecular weight excluding hydrogens is 323 g/mol. The summed E-state index contributed by atoms with van der Waals surface area (Å²) < 4.78 is 15.4. The molecule has 1 saturated heterocycles. The standard InChI is InChI=1S/C18H21FN4O2/c1-12-10-16(24)17(18(25)22-9-5-6-13(22)11-20-2)21-23(12)15-8-4-3-7-14(15)19/h3-4,7-8,10,13,20H,5-6,9,11H2,1-2H3. The first-order valence-corrected chi connectivity index (χ1v) is 8.34. The average Bonchev–Trinajstić information content (AvgIpc) is 3.04. The summed E-state index contributed by atoms with van der Waals surface area (Å²) in [5.41, 5.74) is 0.0733. The van der Waals surface area contributed by atoms with E-state index in [-0.39, 0.29) is 17.4 Å². The van der Waals surface area contributed by atoms with Crippen molar-refractivity contribution in [1.29, 1.82) is 0 Å². The number of rotatable bonds is 4. The van der Waals surface area contributed by atoms with Gasteiger partial charge in [0.2, 0.25) is 5.43 Å². The maximum atomic E-state index is 14.1. The largest absolute Gasteiger partial charge is 0.333 e. The van der Waals surface area contributed by atoms with Gasteiger partial charge < -0.3 is 10.2 Å².